The molecule has 0 aliphatic carbocycles. The summed E-state index contributed by atoms with van der Waals surface area (Å²) < 4.78 is 0. The zero-order valence-electron chi connectivity index (χ0n) is 13.1. The standard InChI is InChI=1S/C16H18ClN5O2/c17-12-7-3-4-8-13(12)20-15-14(22(23)24)16(19-11-18-15)21-9-5-1-2-6-10-21/h3-4,7-8,11H,1-2,5-6,9-10H2,(H,18,19,20). The van der Waals surface area contributed by atoms with Crippen LogP contribution in [0.2, 0.25) is 5.02 Å². The molecule has 3 rings (SSSR count). The van der Waals surface area contributed by atoms with Gasteiger partial charge in [0.2, 0.25) is 11.6 Å². The molecule has 0 amide bonds. The fourth-order valence-corrected chi connectivity index (χ4v) is 3.02. The van der Waals surface area contributed by atoms with Gasteiger partial charge >= 0.3 is 5.69 Å². The maximum absolute atomic E-state index is 11.7. The predicted molar refractivity (Wildman–Crippen MR) is 94.1 cm³/mol. The number of benzene rings is 1. The highest BCUT2D eigenvalue weighted by molar-refractivity contribution is 6.33. The molecule has 0 saturated carbocycles. The highest BCUT2D eigenvalue weighted by Crippen LogP contribution is 2.35. The predicted octanol–water partition coefficient (Wildman–Crippen LogP) is 4.16. The Bertz CT molecular complexity index is 732. The minimum absolute atomic E-state index is 0.112. The number of halogens is 1. The van der Waals surface area contributed by atoms with Crippen LogP contribution in [0.4, 0.5) is 23.0 Å². The summed E-state index contributed by atoms with van der Waals surface area (Å²) >= 11 is 6.13. The molecule has 1 fully saturated rings. The first kappa shape index (κ1) is 16.4. The third-order valence-corrected chi connectivity index (χ3v) is 4.35. The van der Waals surface area contributed by atoms with E-state index in [-0.39, 0.29) is 11.5 Å². The number of hydrogen-bond donors (Lipinski definition) is 1. The molecular formula is C16H18ClN5O2. The van der Waals surface area contributed by atoms with Gasteiger partial charge < -0.3 is 10.2 Å². The number of nitrogens with one attached hydrogen (secondary N) is 1. The highest BCUT2D eigenvalue weighted by Gasteiger charge is 2.27. The number of para-hydroxylation sites is 1. The monoisotopic (exact) mass is 347 g/mol. The average Bonchev–Trinajstić information content (AvgIpc) is 2.86. The van der Waals surface area contributed by atoms with E-state index in [1.165, 1.54) is 6.33 Å². The van der Waals surface area contributed by atoms with Crippen molar-refractivity contribution in [1.82, 2.24) is 9.97 Å². The Morgan fingerprint density at radius 3 is 2.50 bits per heavy atom. The summed E-state index contributed by atoms with van der Waals surface area (Å²) in [6.45, 7) is 1.53. The zero-order chi connectivity index (χ0) is 16.9. The van der Waals surface area contributed by atoms with Crippen molar-refractivity contribution in [2.24, 2.45) is 0 Å². The van der Waals surface area contributed by atoms with Crippen molar-refractivity contribution in [3.63, 3.8) is 0 Å². The van der Waals surface area contributed by atoms with Crippen LogP contribution in [0.5, 0.6) is 0 Å². The van der Waals surface area contributed by atoms with Gasteiger partial charge in [0, 0.05) is 13.1 Å². The van der Waals surface area contributed by atoms with Gasteiger partial charge in [-0.15, -0.1) is 0 Å². The van der Waals surface area contributed by atoms with Crippen molar-refractivity contribution in [2.75, 3.05) is 23.3 Å². The van der Waals surface area contributed by atoms with Crippen molar-refractivity contribution in [3.8, 4) is 0 Å². The molecular weight excluding hydrogens is 330 g/mol. The Morgan fingerprint density at radius 1 is 1.12 bits per heavy atom. The summed E-state index contributed by atoms with van der Waals surface area (Å²) in [5.41, 5.74) is 0.460. The molecule has 8 heteroatoms. The molecule has 1 aromatic carbocycles. The Hall–Kier alpha value is -2.41. The maximum Gasteiger partial charge on any atom is 0.353 e. The molecule has 2 aromatic rings. The minimum atomic E-state index is -0.431. The molecule has 126 valence electrons. The third-order valence-electron chi connectivity index (χ3n) is 4.02. The summed E-state index contributed by atoms with van der Waals surface area (Å²) in [5, 5.41) is 15.1. The normalized spacial score (nSPS) is 15.0. The molecule has 0 spiro atoms. The average molecular weight is 348 g/mol. The topological polar surface area (TPSA) is 84.2 Å². The van der Waals surface area contributed by atoms with Gasteiger partial charge in [-0.2, -0.15) is 0 Å². The molecule has 1 aliphatic rings. The van der Waals surface area contributed by atoms with Gasteiger partial charge in [-0.3, -0.25) is 10.1 Å². The Labute approximate surface area is 144 Å². The largest absolute Gasteiger partial charge is 0.353 e. The number of anilines is 3. The van der Waals surface area contributed by atoms with Crippen LogP contribution >= 0.6 is 11.6 Å². The maximum atomic E-state index is 11.7. The number of hydrogen-bond acceptors (Lipinski definition) is 6. The zero-order valence-corrected chi connectivity index (χ0v) is 13.9. The second-order valence-corrected chi connectivity index (χ2v) is 6.06. The van der Waals surface area contributed by atoms with Crippen LogP contribution in [-0.4, -0.2) is 28.0 Å². The first-order valence-corrected chi connectivity index (χ1v) is 8.30. The lowest BCUT2D eigenvalue weighted by molar-refractivity contribution is -0.383. The fraction of sp³-hybridized carbons (Fsp3) is 0.375. The number of aromatic nitrogens is 2. The molecule has 1 N–H and O–H groups in total. The van der Waals surface area contributed by atoms with Crippen molar-refractivity contribution < 1.29 is 4.92 Å². The first-order valence-electron chi connectivity index (χ1n) is 7.92. The minimum Gasteiger partial charge on any atom is -0.351 e. The summed E-state index contributed by atoms with van der Waals surface area (Å²) in [7, 11) is 0. The second kappa shape index (κ2) is 7.44. The first-order chi connectivity index (χ1) is 11.7. The van der Waals surface area contributed by atoms with Crippen LogP contribution in [0, 0.1) is 10.1 Å². The van der Waals surface area contributed by atoms with Gasteiger partial charge in [-0.1, -0.05) is 36.6 Å². The fourth-order valence-electron chi connectivity index (χ4n) is 2.83. The lowest BCUT2D eigenvalue weighted by Crippen LogP contribution is -2.26. The van der Waals surface area contributed by atoms with Gasteiger partial charge in [-0.25, -0.2) is 9.97 Å². The second-order valence-electron chi connectivity index (χ2n) is 5.66. The molecule has 0 unspecified atom stereocenters. The van der Waals surface area contributed by atoms with E-state index < -0.39 is 4.92 Å². The summed E-state index contributed by atoms with van der Waals surface area (Å²) in [4.78, 5) is 21.5. The van der Waals surface area contributed by atoms with Gasteiger partial charge in [0.05, 0.1) is 15.6 Å². The summed E-state index contributed by atoms with van der Waals surface area (Å²) in [6.07, 6.45) is 5.65. The summed E-state index contributed by atoms with van der Waals surface area (Å²) in [6, 6.07) is 7.06. The molecule has 1 aromatic heterocycles. The Kier molecular flexibility index (Phi) is 5.10. The molecule has 0 radical (unpaired) electrons. The van der Waals surface area contributed by atoms with Gasteiger partial charge in [-0.05, 0) is 25.0 Å². The van der Waals surface area contributed by atoms with Crippen molar-refractivity contribution in [1.29, 1.82) is 0 Å². The SMILES string of the molecule is O=[N+]([O-])c1c(Nc2ccccc2Cl)ncnc1N1CCCCCC1. The number of nitrogens with zero attached hydrogens (tertiary/aromatic N) is 4. The van der Waals surface area contributed by atoms with Gasteiger partial charge in [0.1, 0.15) is 6.33 Å². The third kappa shape index (κ3) is 3.56. The molecule has 1 aliphatic heterocycles. The van der Waals surface area contributed by atoms with E-state index in [0.717, 1.165) is 38.8 Å². The Morgan fingerprint density at radius 2 is 1.83 bits per heavy atom. The number of nitro groups is 1. The Balaban J connectivity index is 1.99. The van der Waals surface area contributed by atoms with E-state index in [0.29, 0.717) is 16.5 Å². The van der Waals surface area contributed by atoms with Crippen LogP contribution in [0.1, 0.15) is 25.7 Å². The van der Waals surface area contributed by atoms with E-state index in [1.807, 2.05) is 4.90 Å². The highest BCUT2D eigenvalue weighted by atomic mass is 35.5. The van der Waals surface area contributed by atoms with Crippen LogP contribution < -0.4 is 10.2 Å². The van der Waals surface area contributed by atoms with Crippen molar-refractivity contribution in [3.05, 3.63) is 45.7 Å². The van der Waals surface area contributed by atoms with E-state index in [2.05, 4.69) is 15.3 Å². The van der Waals surface area contributed by atoms with Gasteiger partial charge in [0.25, 0.3) is 0 Å². The lowest BCUT2D eigenvalue weighted by Gasteiger charge is -2.21. The van der Waals surface area contributed by atoms with Crippen LogP contribution in [0.3, 0.4) is 0 Å². The van der Waals surface area contributed by atoms with E-state index in [4.69, 9.17) is 11.6 Å². The van der Waals surface area contributed by atoms with Crippen molar-refractivity contribution in [2.45, 2.75) is 25.7 Å². The van der Waals surface area contributed by atoms with Crippen LogP contribution in [-0.2, 0) is 0 Å². The lowest BCUT2D eigenvalue weighted by atomic mass is 10.2. The molecule has 0 atom stereocenters. The summed E-state index contributed by atoms with van der Waals surface area (Å²) in [5.74, 6) is 0.522. The van der Waals surface area contributed by atoms with Crippen molar-refractivity contribution >= 4 is 34.6 Å². The molecule has 7 nitrogen and oxygen atoms in total. The van der Waals surface area contributed by atoms with Gasteiger partial charge in [0.15, 0.2) is 0 Å². The van der Waals surface area contributed by atoms with E-state index in [1.54, 1.807) is 24.3 Å². The molecule has 0 bridgehead atoms. The molecule has 24 heavy (non-hydrogen) atoms. The van der Waals surface area contributed by atoms with Crippen LogP contribution in [0.15, 0.2) is 30.6 Å². The van der Waals surface area contributed by atoms with E-state index >= 15 is 0 Å². The van der Waals surface area contributed by atoms with Crippen LogP contribution in [0.25, 0.3) is 0 Å². The number of rotatable bonds is 4. The smallest absolute Gasteiger partial charge is 0.351 e. The molecule has 1 saturated heterocycles. The molecule has 2 heterocycles. The quantitative estimate of drug-likeness (QED) is 0.660. The van der Waals surface area contributed by atoms with E-state index in [9.17, 15) is 10.1 Å².